The third-order valence-corrected chi connectivity index (χ3v) is 4.56. The van der Waals surface area contributed by atoms with Gasteiger partial charge < -0.3 is 9.67 Å². The highest BCUT2D eigenvalue weighted by molar-refractivity contribution is 6.31. The van der Waals surface area contributed by atoms with Crippen molar-refractivity contribution in [2.45, 2.75) is 19.2 Å². The van der Waals surface area contributed by atoms with Crippen LogP contribution >= 0.6 is 11.6 Å². The molecule has 0 aliphatic heterocycles. The molecule has 0 bridgehead atoms. The molecule has 2 aromatic carbocycles. The van der Waals surface area contributed by atoms with Gasteiger partial charge in [0.15, 0.2) is 18.9 Å². The van der Waals surface area contributed by atoms with Crippen LogP contribution in [-0.2, 0) is 13.1 Å². The van der Waals surface area contributed by atoms with Gasteiger partial charge in [-0.2, -0.15) is 0 Å². The monoisotopic (exact) mass is 337 g/mol. The molecule has 2 aromatic heterocycles. The van der Waals surface area contributed by atoms with Gasteiger partial charge in [-0.3, -0.25) is 0 Å². The van der Waals surface area contributed by atoms with Gasteiger partial charge in [0, 0.05) is 39.0 Å². The Balaban J connectivity index is 1.75. The Bertz CT molecular complexity index is 995. The van der Waals surface area contributed by atoms with Crippen LogP contribution in [0.1, 0.15) is 0 Å². The maximum Gasteiger partial charge on any atom is 0.175 e. The molecule has 4 rings (SSSR count). The van der Waals surface area contributed by atoms with E-state index in [1.54, 1.807) is 0 Å². The van der Waals surface area contributed by atoms with E-state index in [4.69, 9.17) is 11.6 Å². The number of halogens is 1. The van der Waals surface area contributed by atoms with Gasteiger partial charge in [0.1, 0.15) is 6.10 Å². The number of aliphatic hydroxyl groups is 1. The number of nitrogens with zero attached hydrogens (tertiary/aromatic N) is 2. The molecule has 24 heavy (non-hydrogen) atoms. The Morgan fingerprint density at radius 3 is 2.50 bits per heavy atom. The number of fused-ring (bicyclic) bond motifs is 3. The summed E-state index contributed by atoms with van der Waals surface area (Å²) >= 11 is 6.18. The van der Waals surface area contributed by atoms with Crippen molar-refractivity contribution >= 4 is 33.4 Å². The lowest BCUT2D eigenvalue weighted by Gasteiger charge is -2.11. The van der Waals surface area contributed by atoms with E-state index in [9.17, 15) is 5.11 Å². The van der Waals surface area contributed by atoms with Crippen molar-refractivity contribution < 1.29 is 9.67 Å². The average molecular weight is 338 g/mol. The second-order valence-electron chi connectivity index (χ2n) is 6.02. The molecule has 4 heteroatoms. The summed E-state index contributed by atoms with van der Waals surface area (Å²) in [6.07, 6.45) is 3.45. The third-order valence-electron chi connectivity index (χ3n) is 4.33. The maximum absolute atomic E-state index is 10.6. The SMILES string of the molecule is OC(Cn1c2ccccc2c2cc(Cl)ccc21)C[n+]1ccccc1. The molecule has 1 atom stereocenters. The topological polar surface area (TPSA) is 29.0 Å². The average Bonchev–Trinajstić information content (AvgIpc) is 2.89. The Morgan fingerprint density at radius 2 is 1.67 bits per heavy atom. The molecule has 1 unspecified atom stereocenters. The van der Waals surface area contributed by atoms with Crippen LogP contribution in [0.25, 0.3) is 21.8 Å². The Morgan fingerprint density at radius 1 is 0.917 bits per heavy atom. The molecule has 0 aliphatic carbocycles. The Hall–Kier alpha value is -2.36. The van der Waals surface area contributed by atoms with E-state index >= 15 is 0 Å². The summed E-state index contributed by atoms with van der Waals surface area (Å²) in [5.74, 6) is 0. The molecule has 0 aliphatic rings. The van der Waals surface area contributed by atoms with Gasteiger partial charge in [-0.05, 0) is 24.3 Å². The second kappa shape index (κ2) is 6.27. The van der Waals surface area contributed by atoms with Crippen LogP contribution in [0.2, 0.25) is 5.02 Å². The van der Waals surface area contributed by atoms with E-state index < -0.39 is 6.10 Å². The molecule has 0 amide bonds. The van der Waals surface area contributed by atoms with E-state index in [0.717, 1.165) is 26.8 Å². The van der Waals surface area contributed by atoms with Gasteiger partial charge in [0.25, 0.3) is 0 Å². The summed E-state index contributed by atoms with van der Waals surface area (Å²) in [4.78, 5) is 0. The second-order valence-corrected chi connectivity index (χ2v) is 6.45. The van der Waals surface area contributed by atoms with Crippen LogP contribution < -0.4 is 4.57 Å². The summed E-state index contributed by atoms with van der Waals surface area (Å²) in [6.45, 7) is 1.09. The van der Waals surface area contributed by atoms with Crippen molar-refractivity contribution in [3.63, 3.8) is 0 Å². The largest absolute Gasteiger partial charge is 0.385 e. The molecule has 0 saturated heterocycles. The number of aromatic nitrogens is 2. The lowest BCUT2D eigenvalue weighted by atomic mass is 10.2. The van der Waals surface area contributed by atoms with E-state index in [1.165, 1.54) is 0 Å². The Kier molecular flexibility index (Phi) is 3.97. The lowest BCUT2D eigenvalue weighted by molar-refractivity contribution is -0.703. The summed E-state index contributed by atoms with van der Waals surface area (Å²) in [5, 5.41) is 13.6. The lowest BCUT2D eigenvalue weighted by Crippen LogP contribution is -2.40. The molecule has 0 radical (unpaired) electrons. The molecule has 0 saturated carbocycles. The van der Waals surface area contributed by atoms with Crippen molar-refractivity contribution in [2.75, 3.05) is 0 Å². The van der Waals surface area contributed by atoms with E-state index in [1.807, 2.05) is 65.5 Å². The summed E-state index contributed by atoms with van der Waals surface area (Å²) < 4.78 is 4.17. The predicted octanol–water partition coefficient (Wildman–Crippen LogP) is 3.80. The number of para-hydroxylation sites is 1. The van der Waals surface area contributed by atoms with Gasteiger partial charge in [-0.25, -0.2) is 4.57 Å². The first-order valence-electron chi connectivity index (χ1n) is 8.01. The first kappa shape index (κ1) is 15.2. The molecular weight excluding hydrogens is 320 g/mol. The highest BCUT2D eigenvalue weighted by atomic mass is 35.5. The van der Waals surface area contributed by atoms with Crippen molar-refractivity contribution in [2.24, 2.45) is 0 Å². The van der Waals surface area contributed by atoms with Gasteiger partial charge in [0.2, 0.25) is 0 Å². The minimum absolute atomic E-state index is 0.480. The van der Waals surface area contributed by atoms with Crippen LogP contribution in [0.3, 0.4) is 0 Å². The van der Waals surface area contributed by atoms with Gasteiger partial charge in [-0.15, -0.1) is 0 Å². The number of aliphatic hydroxyl groups excluding tert-OH is 1. The first-order valence-corrected chi connectivity index (χ1v) is 8.39. The van der Waals surface area contributed by atoms with Crippen LogP contribution in [-0.4, -0.2) is 15.8 Å². The van der Waals surface area contributed by atoms with Crippen molar-refractivity contribution in [1.82, 2.24) is 4.57 Å². The number of pyridine rings is 1. The van der Waals surface area contributed by atoms with Crippen LogP contribution in [0.4, 0.5) is 0 Å². The molecular formula is C20H18ClN2O+. The van der Waals surface area contributed by atoms with Gasteiger partial charge in [0.05, 0.1) is 6.54 Å². The highest BCUT2D eigenvalue weighted by Gasteiger charge is 2.16. The standard InChI is InChI=1S/C20H18ClN2O/c21-15-8-9-20-18(12-15)17-6-2-3-7-19(17)23(20)14-16(24)13-22-10-4-1-5-11-22/h1-12,16,24H,13-14H2/q+1. The molecule has 0 spiro atoms. The quantitative estimate of drug-likeness (QED) is 0.564. The molecule has 120 valence electrons. The van der Waals surface area contributed by atoms with Crippen molar-refractivity contribution in [3.05, 3.63) is 78.1 Å². The molecule has 1 N–H and O–H groups in total. The summed E-state index contributed by atoms with van der Waals surface area (Å²) in [7, 11) is 0. The van der Waals surface area contributed by atoms with E-state index in [2.05, 4.69) is 16.7 Å². The molecule has 3 nitrogen and oxygen atoms in total. The summed E-state index contributed by atoms with van der Waals surface area (Å²) in [5.41, 5.74) is 2.21. The minimum atomic E-state index is -0.480. The predicted molar refractivity (Wildman–Crippen MR) is 97.1 cm³/mol. The number of rotatable bonds is 4. The fourth-order valence-corrected chi connectivity index (χ4v) is 3.46. The number of benzene rings is 2. The summed E-state index contributed by atoms with van der Waals surface area (Å²) in [6, 6.07) is 20.1. The van der Waals surface area contributed by atoms with Gasteiger partial charge in [-0.1, -0.05) is 35.9 Å². The zero-order chi connectivity index (χ0) is 16.5. The van der Waals surface area contributed by atoms with Crippen molar-refractivity contribution in [3.8, 4) is 0 Å². The first-order chi connectivity index (χ1) is 11.7. The van der Waals surface area contributed by atoms with E-state index in [0.29, 0.717) is 13.1 Å². The molecule has 4 aromatic rings. The fraction of sp³-hybridized carbons (Fsp3) is 0.150. The normalized spacial score (nSPS) is 12.8. The van der Waals surface area contributed by atoms with Crippen LogP contribution in [0, 0.1) is 0 Å². The van der Waals surface area contributed by atoms with Crippen LogP contribution in [0.15, 0.2) is 73.1 Å². The highest BCUT2D eigenvalue weighted by Crippen LogP contribution is 2.31. The third kappa shape index (κ3) is 2.77. The van der Waals surface area contributed by atoms with E-state index in [-0.39, 0.29) is 0 Å². The van der Waals surface area contributed by atoms with Crippen LogP contribution in [0.5, 0.6) is 0 Å². The zero-order valence-electron chi connectivity index (χ0n) is 13.1. The molecule has 0 fully saturated rings. The number of hydrogen-bond acceptors (Lipinski definition) is 1. The maximum atomic E-state index is 10.6. The Labute approximate surface area is 145 Å². The van der Waals surface area contributed by atoms with Crippen molar-refractivity contribution in [1.29, 1.82) is 0 Å². The minimum Gasteiger partial charge on any atom is -0.385 e. The fourth-order valence-electron chi connectivity index (χ4n) is 3.29. The smallest absolute Gasteiger partial charge is 0.175 e. The molecule has 2 heterocycles. The number of hydrogen-bond donors (Lipinski definition) is 1. The van der Waals surface area contributed by atoms with Gasteiger partial charge >= 0.3 is 0 Å². The zero-order valence-corrected chi connectivity index (χ0v) is 13.9.